The molecule has 1 aromatic carbocycles. The summed E-state index contributed by atoms with van der Waals surface area (Å²) in [6, 6.07) is 6.66. The Balaban J connectivity index is 2.68. The first-order valence-corrected chi connectivity index (χ1v) is 5.12. The maximum absolute atomic E-state index is 13.7. The van der Waals surface area contributed by atoms with E-state index in [2.05, 4.69) is 4.98 Å². The zero-order valence-corrected chi connectivity index (χ0v) is 9.37. The number of halogens is 1. The number of rotatable bonds is 2. The predicted octanol–water partition coefficient (Wildman–Crippen LogP) is 1.99. The first-order valence-electron chi connectivity index (χ1n) is 5.12. The first-order chi connectivity index (χ1) is 7.65. The van der Waals surface area contributed by atoms with Gasteiger partial charge in [-0.2, -0.15) is 0 Å². The molecule has 0 unspecified atom stereocenters. The molecule has 84 valence electrons. The maximum atomic E-state index is 13.7. The lowest BCUT2D eigenvalue weighted by atomic mass is 10.1. The quantitative estimate of drug-likeness (QED) is 0.839. The van der Waals surface area contributed by atoms with E-state index in [1.807, 2.05) is 18.5 Å². The van der Waals surface area contributed by atoms with E-state index in [0.29, 0.717) is 12.1 Å². The molecule has 0 radical (unpaired) electrons. The number of benzene rings is 1. The van der Waals surface area contributed by atoms with Gasteiger partial charge in [-0.1, -0.05) is 12.1 Å². The molecule has 0 aliphatic heterocycles. The SMILES string of the molecule is Cc1nc(CN)c(-c2ccccc2F)n1C. The molecular formula is C12H14FN3. The number of imidazole rings is 1. The predicted molar refractivity (Wildman–Crippen MR) is 61.2 cm³/mol. The number of aryl methyl sites for hydroxylation is 1. The van der Waals surface area contributed by atoms with Crippen molar-refractivity contribution in [3.8, 4) is 11.3 Å². The summed E-state index contributed by atoms with van der Waals surface area (Å²) in [6.07, 6.45) is 0. The Labute approximate surface area is 93.7 Å². The fourth-order valence-electron chi connectivity index (χ4n) is 1.81. The van der Waals surface area contributed by atoms with Crippen molar-refractivity contribution in [3.63, 3.8) is 0 Å². The Bertz CT molecular complexity index is 517. The van der Waals surface area contributed by atoms with Gasteiger partial charge in [0.15, 0.2) is 0 Å². The monoisotopic (exact) mass is 219 g/mol. The number of hydrogen-bond donors (Lipinski definition) is 1. The molecule has 1 aromatic heterocycles. The molecule has 0 saturated carbocycles. The molecule has 0 aliphatic carbocycles. The lowest BCUT2D eigenvalue weighted by molar-refractivity contribution is 0.629. The molecule has 4 heteroatoms. The van der Waals surface area contributed by atoms with Crippen molar-refractivity contribution in [3.05, 3.63) is 41.6 Å². The zero-order valence-electron chi connectivity index (χ0n) is 9.37. The Morgan fingerprint density at radius 2 is 2.06 bits per heavy atom. The molecule has 1 heterocycles. The van der Waals surface area contributed by atoms with E-state index in [4.69, 9.17) is 5.73 Å². The normalized spacial score (nSPS) is 10.8. The minimum absolute atomic E-state index is 0.250. The first kappa shape index (κ1) is 10.8. The van der Waals surface area contributed by atoms with Gasteiger partial charge < -0.3 is 10.3 Å². The molecule has 16 heavy (non-hydrogen) atoms. The van der Waals surface area contributed by atoms with Crippen molar-refractivity contribution in [1.82, 2.24) is 9.55 Å². The molecule has 0 atom stereocenters. The maximum Gasteiger partial charge on any atom is 0.132 e. The summed E-state index contributed by atoms with van der Waals surface area (Å²) in [5.74, 6) is 0.582. The second-order valence-electron chi connectivity index (χ2n) is 3.70. The highest BCUT2D eigenvalue weighted by atomic mass is 19.1. The topological polar surface area (TPSA) is 43.8 Å². The smallest absolute Gasteiger partial charge is 0.132 e. The molecule has 0 bridgehead atoms. The largest absolute Gasteiger partial charge is 0.331 e. The molecule has 0 fully saturated rings. The van der Waals surface area contributed by atoms with Gasteiger partial charge in [-0.3, -0.25) is 0 Å². The van der Waals surface area contributed by atoms with E-state index in [-0.39, 0.29) is 5.82 Å². The highest BCUT2D eigenvalue weighted by molar-refractivity contribution is 5.63. The van der Waals surface area contributed by atoms with Gasteiger partial charge in [-0.05, 0) is 19.1 Å². The highest BCUT2D eigenvalue weighted by Crippen LogP contribution is 2.26. The van der Waals surface area contributed by atoms with Gasteiger partial charge in [0.25, 0.3) is 0 Å². The third-order valence-electron chi connectivity index (χ3n) is 2.71. The molecule has 0 saturated heterocycles. The Morgan fingerprint density at radius 3 is 2.69 bits per heavy atom. The van der Waals surface area contributed by atoms with E-state index < -0.39 is 0 Å². The van der Waals surface area contributed by atoms with E-state index in [9.17, 15) is 4.39 Å². The number of hydrogen-bond acceptors (Lipinski definition) is 2. The fourth-order valence-corrected chi connectivity index (χ4v) is 1.81. The van der Waals surface area contributed by atoms with Crippen LogP contribution in [0.5, 0.6) is 0 Å². The number of nitrogens with zero attached hydrogens (tertiary/aromatic N) is 2. The number of nitrogens with two attached hydrogens (primary N) is 1. The minimum Gasteiger partial charge on any atom is -0.331 e. The van der Waals surface area contributed by atoms with Crippen LogP contribution < -0.4 is 5.73 Å². The summed E-state index contributed by atoms with van der Waals surface area (Å²) in [6.45, 7) is 2.19. The molecule has 2 rings (SSSR count). The summed E-state index contributed by atoms with van der Waals surface area (Å²) in [5.41, 5.74) is 7.66. The summed E-state index contributed by atoms with van der Waals surface area (Å²) < 4.78 is 15.6. The van der Waals surface area contributed by atoms with E-state index in [0.717, 1.165) is 17.2 Å². The molecule has 2 aromatic rings. The van der Waals surface area contributed by atoms with Crippen LogP contribution in [0.1, 0.15) is 11.5 Å². The molecule has 2 N–H and O–H groups in total. The van der Waals surface area contributed by atoms with Crippen molar-refractivity contribution in [2.45, 2.75) is 13.5 Å². The van der Waals surface area contributed by atoms with Crippen LogP contribution in [0.3, 0.4) is 0 Å². The third kappa shape index (κ3) is 1.61. The van der Waals surface area contributed by atoms with Crippen LogP contribution in [0.2, 0.25) is 0 Å². The van der Waals surface area contributed by atoms with Gasteiger partial charge in [0.2, 0.25) is 0 Å². The fraction of sp³-hybridized carbons (Fsp3) is 0.250. The average Bonchev–Trinajstić information content (AvgIpc) is 2.56. The zero-order chi connectivity index (χ0) is 11.7. The summed E-state index contributed by atoms with van der Waals surface area (Å²) in [7, 11) is 1.86. The average molecular weight is 219 g/mol. The van der Waals surface area contributed by atoms with Crippen LogP contribution in [0.25, 0.3) is 11.3 Å². The van der Waals surface area contributed by atoms with Crippen LogP contribution in [-0.2, 0) is 13.6 Å². The van der Waals surface area contributed by atoms with E-state index in [1.54, 1.807) is 18.2 Å². The summed E-state index contributed by atoms with van der Waals surface area (Å²) in [4.78, 5) is 4.32. The Hall–Kier alpha value is -1.68. The highest BCUT2D eigenvalue weighted by Gasteiger charge is 2.15. The van der Waals surface area contributed by atoms with Gasteiger partial charge in [0.05, 0.1) is 11.4 Å². The molecule has 0 aliphatic rings. The molecule has 0 spiro atoms. The molecule has 0 amide bonds. The number of aromatic nitrogens is 2. The lowest BCUT2D eigenvalue weighted by Gasteiger charge is -2.06. The van der Waals surface area contributed by atoms with Gasteiger partial charge in [0, 0.05) is 19.2 Å². The standard InChI is InChI=1S/C12H14FN3/c1-8-15-11(7-14)12(16(8)2)9-5-3-4-6-10(9)13/h3-6H,7,14H2,1-2H3. The Kier molecular flexibility index (Phi) is 2.75. The van der Waals surface area contributed by atoms with Gasteiger partial charge in [-0.25, -0.2) is 9.37 Å². The van der Waals surface area contributed by atoms with Crippen molar-refractivity contribution >= 4 is 0 Å². The summed E-state index contributed by atoms with van der Waals surface area (Å²) >= 11 is 0. The van der Waals surface area contributed by atoms with Gasteiger partial charge in [-0.15, -0.1) is 0 Å². The molecular weight excluding hydrogens is 205 g/mol. The van der Waals surface area contributed by atoms with Gasteiger partial charge in [0.1, 0.15) is 11.6 Å². The minimum atomic E-state index is -0.250. The van der Waals surface area contributed by atoms with Crippen molar-refractivity contribution in [2.75, 3.05) is 0 Å². The van der Waals surface area contributed by atoms with Crippen LogP contribution in [-0.4, -0.2) is 9.55 Å². The Morgan fingerprint density at radius 1 is 1.38 bits per heavy atom. The van der Waals surface area contributed by atoms with Crippen molar-refractivity contribution < 1.29 is 4.39 Å². The van der Waals surface area contributed by atoms with Crippen molar-refractivity contribution in [2.24, 2.45) is 12.8 Å². The second kappa shape index (κ2) is 4.06. The van der Waals surface area contributed by atoms with E-state index >= 15 is 0 Å². The van der Waals surface area contributed by atoms with Crippen LogP contribution in [0.4, 0.5) is 4.39 Å². The third-order valence-corrected chi connectivity index (χ3v) is 2.71. The van der Waals surface area contributed by atoms with Crippen LogP contribution in [0, 0.1) is 12.7 Å². The van der Waals surface area contributed by atoms with Crippen LogP contribution in [0.15, 0.2) is 24.3 Å². The van der Waals surface area contributed by atoms with Crippen molar-refractivity contribution in [1.29, 1.82) is 0 Å². The van der Waals surface area contributed by atoms with E-state index in [1.165, 1.54) is 6.07 Å². The second-order valence-corrected chi connectivity index (χ2v) is 3.70. The molecule has 3 nitrogen and oxygen atoms in total. The van der Waals surface area contributed by atoms with Crippen LogP contribution >= 0.6 is 0 Å². The lowest BCUT2D eigenvalue weighted by Crippen LogP contribution is -2.01. The summed E-state index contributed by atoms with van der Waals surface area (Å²) in [5, 5.41) is 0. The van der Waals surface area contributed by atoms with Gasteiger partial charge >= 0.3 is 0 Å².